The van der Waals surface area contributed by atoms with Crippen molar-refractivity contribution in [1.82, 2.24) is 0 Å². The molecule has 0 aliphatic rings. The molecule has 0 fully saturated rings. The van der Waals surface area contributed by atoms with Gasteiger partial charge in [0.05, 0.1) is 6.10 Å². The first kappa shape index (κ1) is 15.4. The maximum atomic E-state index is 9.64. The molecule has 0 aromatic heterocycles. The summed E-state index contributed by atoms with van der Waals surface area (Å²) in [7, 11) is 2.02. The van der Waals surface area contributed by atoms with E-state index in [1.165, 1.54) is 0 Å². The Morgan fingerprint density at radius 2 is 1.95 bits per heavy atom. The van der Waals surface area contributed by atoms with Gasteiger partial charge in [0.25, 0.3) is 0 Å². The number of hydrogen-bond acceptors (Lipinski definition) is 2. The van der Waals surface area contributed by atoms with Crippen molar-refractivity contribution in [2.45, 2.75) is 19.6 Å². The van der Waals surface area contributed by atoms with Crippen LogP contribution in [0.5, 0.6) is 0 Å². The van der Waals surface area contributed by atoms with Gasteiger partial charge in [-0.3, -0.25) is 0 Å². The van der Waals surface area contributed by atoms with E-state index >= 15 is 0 Å². The van der Waals surface area contributed by atoms with Gasteiger partial charge in [0.15, 0.2) is 0 Å². The van der Waals surface area contributed by atoms with E-state index in [4.69, 9.17) is 11.6 Å². The molecule has 0 saturated heterocycles. The summed E-state index contributed by atoms with van der Waals surface area (Å²) in [5, 5.41) is 10.4. The van der Waals surface area contributed by atoms with Crippen molar-refractivity contribution in [3.63, 3.8) is 0 Å². The van der Waals surface area contributed by atoms with Crippen molar-refractivity contribution in [1.29, 1.82) is 0 Å². The van der Waals surface area contributed by atoms with Crippen molar-refractivity contribution in [3.05, 3.63) is 63.1 Å². The SMILES string of the molecule is C[C@@H](O)c1ccc(N(C)Cc2ccccc2Cl)cc1Br. The van der Waals surface area contributed by atoms with Crippen LogP contribution in [-0.2, 0) is 6.54 Å². The Kier molecular flexibility index (Phi) is 5.08. The zero-order valence-corrected chi connectivity index (χ0v) is 13.8. The molecule has 106 valence electrons. The predicted octanol–water partition coefficient (Wildman–Crippen LogP) is 4.79. The minimum atomic E-state index is -0.479. The van der Waals surface area contributed by atoms with Gasteiger partial charge in [-0.15, -0.1) is 0 Å². The molecule has 0 aliphatic carbocycles. The number of halogens is 2. The van der Waals surface area contributed by atoms with Gasteiger partial charge >= 0.3 is 0 Å². The third-order valence-corrected chi connectivity index (χ3v) is 4.30. The Hall–Kier alpha value is -1.03. The molecule has 0 amide bonds. The van der Waals surface area contributed by atoms with Crippen molar-refractivity contribution in [2.75, 3.05) is 11.9 Å². The highest BCUT2D eigenvalue weighted by molar-refractivity contribution is 9.10. The Labute approximate surface area is 133 Å². The normalized spacial score (nSPS) is 12.2. The van der Waals surface area contributed by atoms with Crippen LogP contribution in [0.25, 0.3) is 0 Å². The molecule has 1 atom stereocenters. The molecule has 0 radical (unpaired) electrons. The van der Waals surface area contributed by atoms with Crippen LogP contribution >= 0.6 is 27.5 Å². The highest BCUT2D eigenvalue weighted by atomic mass is 79.9. The van der Waals surface area contributed by atoms with Crippen molar-refractivity contribution < 1.29 is 5.11 Å². The molecule has 2 rings (SSSR count). The summed E-state index contributed by atoms with van der Waals surface area (Å²) in [6, 6.07) is 13.8. The maximum Gasteiger partial charge on any atom is 0.0772 e. The number of aliphatic hydroxyl groups is 1. The van der Waals surface area contributed by atoms with Crippen molar-refractivity contribution >= 4 is 33.2 Å². The van der Waals surface area contributed by atoms with E-state index in [1.807, 2.05) is 49.5 Å². The van der Waals surface area contributed by atoms with E-state index in [0.717, 1.165) is 32.9 Å². The van der Waals surface area contributed by atoms with Gasteiger partial charge in [0.2, 0.25) is 0 Å². The summed E-state index contributed by atoms with van der Waals surface area (Å²) in [5.74, 6) is 0. The first-order valence-corrected chi connectivity index (χ1v) is 7.58. The number of aliphatic hydroxyl groups excluding tert-OH is 1. The van der Waals surface area contributed by atoms with Gasteiger partial charge in [-0.25, -0.2) is 0 Å². The van der Waals surface area contributed by atoms with Crippen LogP contribution in [0.4, 0.5) is 5.69 Å². The van der Waals surface area contributed by atoms with Crippen molar-refractivity contribution in [3.8, 4) is 0 Å². The second-order valence-electron chi connectivity index (χ2n) is 4.83. The third kappa shape index (κ3) is 3.54. The van der Waals surface area contributed by atoms with Gasteiger partial charge in [-0.05, 0) is 36.2 Å². The van der Waals surface area contributed by atoms with Crippen LogP contribution < -0.4 is 4.90 Å². The Morgan fingerprint density at radius 1 is 1.25 bits per heavy atom. The summed E-state index contributed by atoms with van der Waals surface area (Å²) in [6.45, 7) is 2.49. The number of rotatable bonds is 4. The molecule has 4 heteroatoms. The quantitative estimate of drug-likeness (QED) is 0.853. The smallest absolute Gasteiger partial charge is 0.0772 e. The molecule has 0 bridgehead atoms. The van der Waals surface area contributed by atoms with Gasteiger partial charge in [-0.2, -0.15) is 0 Å². The fraction of sp³-hybridized carbons (Fsp3) is 0.250. The zero-order valence-electron chi connectivity index (χ0n) is 11.5. The van der Waals surface area contributed by atoms with E-state index in [0.29, 0.717) is 0 Å². The van der Waals surface area contributed by atoms with Crippen LogP contribution in [0.15, 0.2) is 46.9 Å². The second kappa shape index (κ2) is 6.61. The number of hydrogen-bond donors (Lipinski definition) is 1. The highest BCUT2D eigenvalue weighted by Gasteiger charge is 2.10. The van der Waals surface area contributed by atoms with Gasteiger partial charge < -0.3 is 10.0 Å². The summed E-state index contributed by atoms with van der Waals surface area (Å²) in [5.41, 5.74) is 3.05. The topological polar surface area (TPSA) is 23.5 Å². The van der Waals surface area contributed by atoms with Gasteiger partial charge in [0, 0.05) is 28.8 Å². The average molecular weight is 355 g/mol. The lowest BCUT2D eigenvalue weighted by Crippen LogP contribution is -2.16. The Bertz CT molecular complexity index is 601. The molecule has 0 unspecified atom stereocenters. The van der Waals surface area contributed by atoms with Crippen LogP contribution in [0.2, 0.25) is 5.02 Å². The van der Waals surface area contributed by atoms with E-state index in [-0.39, 0.29) is 0 Å². The molecular weight excluding hydrogens is 338 g/mol. The van der Waals surface area contributed by atoms with Crippen LogP contribution in [-0.4, -0.2) is 12.2 Å². The van der Waals surface area contributed by atoms with E-state index in [1.54, 1.807) is 6.92 Å². The van der Waals surface area contributed by atoms with Gasteiger partial charge in [-0.1, -0.05) is 51.8 Å². The first-order valence-electron chi connectivity index (χ1n) is 6.41. The number of nitrogens with zero attached hydrogens (tertiary/aromatic N) is 1. The molecule has 0 heterocycles. The maximum absolute atomic E-state index is 9.64. The lowest BCUT2D eigenvalue weighted by molar-refractivity contribution is 0.198. The third-order valence-electron chi connectivity index (χ3n) is 3.24. The molecule has 2 aromatic carbocycles. The molecule has 2 nitrogen and oxygen atoms in total. The van der Waals surface area contributed by atoms with E-state index in [9.17, 15) is 5.11 Å². The lowest BCUT2D eigenvalue weighted by atomic mass is 10.1. The van der Waals surface area contributed by atoms with Crippen LogP contribution in [0, 0.1) is 0 Å². The van der Waals surface area contributed by atoms with Crippen LogP contribution in [0.1, 0.15) is 24.2 Å². The van der Waals surface area contributed by atoms with Crippen LogP contribution in [0.3, 0.4) is 0 Å². The predicted molar refractivity (Wildman–Crippen MR) is 88.3 cm³/mol. The average Bonchev–Trinajstić information content (AvgIpc) is 2.40. The Balaban J connectivity index is 2.20. The summed E-state index contributed by atoms with van der Waals surface area (Å²) >= 11 is 9.69. The number of anilines is 1. The zero-order chi connectivity index (χ0) is 14.7. The minimum absolute atomic E-state index is 0.479. The first-order chi connectivity index (χ1) is 9.49. The Morgan fingerprint density at radius 3 is 2.55 bits per heavy atom. The molecule has 0 spiro atoms. The molecule has 1 N–H and O–H groups in total. The fourth-order valence-corrected chi connectivity index (χ4v) is 2.96. The molecular formula is C16H17BrClNO. The largest absolute Gasteiger partial charge is 0.389 e. The standard InChI is InChI=1S/C16H17BrClNO/c1-11(20)14-8-7-13(9-15(14)17)19(2)10-12-5-3-4-6-16(12)18/h3-9,11,20H,10H2,1-2H3/t11-/m1/s1. The number of benzene rings is 2. The molecule has 0 saturated carbocycles. The van der Waals surface area contributed by atoms with E-state index < -0.39 is 6.10 Å². The second-order valence-corrected chi connectivity index (χ2v) is 6.09. The fourth-order valence-electron chi connectivity index (χ4n) is 2.07. The summed E-state index contributed by atoms with van der Waals surface area (Å²) < 4.78 is 0.913. The molecule has 20 heavy (non-hydrogen) atoms. The molecule has 0 aliphatic heterocycles. The summed E-state index contributed by atoms with van der Waals surface area (Å²) in [6.07, 6.45) is -0.479. The monoisotopic (exact) mass is 353 g/mol. The molecule has 2 aromatic rings. The van der Waals surface area contributed by atoms with Crippen molar-refractivity contribution in [2.24, 2.45) is 0 Å². The minimum Gasteiger partial charge on any atom is -0.389 e. The highest BCUT2D eigenvalue weighted by Crippen LogP contribution is 2.29. The van der Waals surface area contributed by atoms with Gasteiger partial charge in [0.1, 0.15) is 0 Å². The van der Waals surface area contributed by atoms with E-state index in [2.05, 4.69) is 20.8 Å². The summed E-state index contributed by atoms with van der Waals surface area (Å²) in [4.78, 5) is 2.12. The lowest BCUT2D eigenvalue weighted by Gasteiger charge is -2.21.